The maximum atomic E-state index is 13.7. The van der Waals surface area contributed by atoms with E-state index in [1.54, 1.807) is 36.4 Å². The summed E-state index contributed by atoms with van der Waals surface area (Å²) >= 11 is 5.96. The Labute approximate surface area is 140 Å². The van der Waals surface area contributed by atoms with Crippen LogP contribution in [0.25, 0.3) is 0 Å². The van der Waals surface area contributed by atoms with Crippen LogP contribution in [0.2, 0.25) is 5.02 Å². The van der Waals surface area contributed by atoms with Crippen molar-refractivity contribution in [3.05, 3.63) is 64.4 Å². The molecule has 2 aromatic rings. The van der Waals surface area contributed by atoms with Crippen molar-refractivity contribution in [1.82, 2.24) is 5.32 Å². The molecule has 0 saturated heterocycles. The van der Waals surface area contributed by atoms with Gasteiger partial charge in [-0.3, -0.25) is 4.79 Å². The monoisotopic (exact) mass is 335 g/mol. The smallest absolute Gasteiger partial charge is 0.251 e. The Morgan fingerprint density at radius 2 is 2.00 bits per heavy atom. The molecule has 0 radical (unpaired) electrons. The number of carbonyl (C=O) groups excluding carboxylic acids is 1. The fourth-order valence-corrected chi connectivity index (χ4v) is 2.17. The Hall–Kier alpha value is -2.07. The number of hydrogen-bond acceptors (Lipinski definition) is 2. The van der Waals surface area contributed by atoms with Crippen LogP contribution in [-0.4, -0.2) is 12.5 Å². The molecule has 0 fully saturated rings. The first-order chi connectivity index (χ1) is 11.0. The third-order valence-corrected chi connectivity index (χ3v) is 3.57. The molecular weight excluding hydrogens is 317 g/mol. The zero-order valence-electron chi connectivity index (χ0n) is 13.1. The Bertz CT molecular complexity index is 668. The van der Waals surface area contributed by atoms with Gasteiger partial charge in [0.25, 0.3) is 5.91 Å². The van der Waals surface area contributed by atoms with E-state index in [2.05, 4.69) is 5.32 Å². The highest BCUT2D eigenvalue weighted by atomic mass is 35.5. The highest BCUT2D eigenvalue weighted by molar-refractivity contribution is 6.31. The summed E-state index contributed by atoms with van der Waals surface area (Å²) in [5.74, 6) is 0.291. The van der Waals surface area contributed by atoms with Crippen LogP contribution < -0.4 is 10.1 Å². The second-order valence-electron chi connectivity index (χ2n) is 5.62. The summed E-state index contributed by atoms with van der Waals surface area (Å²) in [6, 6.07) is 11.3. The van der Waals surface area contributed by atoms with E-state index in [1.165, 1.54) is 6.07 Å². The van der Waals surface area contributed by atoms with Crippen molar-refractivity contribution in [3.8, 4) is 5.75 Å². The SMILES string of the molecule is CC(C)CNC(=O)c1cccc(OCc2c(F)cccc2Cl)c1. The van der Waals surface area contributed by atoms with Crippen LogP contribution in [0.4, 0.5) is 4.39 Å². The summed E-state index contributed by atoms with van der Waals surface area (Å²) < 4.78 is 19.3. The minimum Gasteiger partial charge on any atom is -0.489 e. The largest absolute Gasteiger partial charge is 0.489 e. The van der Waals surface area contributed by atoms with E-state index in [-0.39, 0.29) is 12.5 Å². The van der Waals surface area contributed by atoms with Crippen LogP contribution >= 0.6 is 11.6 Å². The van der Waals surface area contributed by atoms with Crippen molar-refractivity contribution in [2.24, 2.45) is 5.92 Å². The van der Waals surface area contributed by atoms with Gasteiger partial charge >= 0.3 is 0 Å². The van der Waals surface area contributed by atoms with Crippen LogP contribution in [0.15, 0.2) is 42.5 Å². The van der Waals surface area contributed by atoms with Crippen molar-refractivity contribution in [3.63, 3.8) is 0 Å². The fourth-order valence-electron chi connectivity index (χ4n) is 1.95. The van der Waals surface area contributed by atoms with E-state index in [4.69, 9.17) is 16.3 Å². The number of amides is 1. The average Bonchev–Trinajstić information content (AvgIpc) is 2.52. The first kappa shape index (κ1) is 17.3. The van der Waals surface area contributed by atoms with Gasteiger partial charge in [-0.2, -0.15) is 0 Å². The van der Waals surface area contributed by atoms with Crippen molar-refractivity contribution in [2.45, 2.75) is 20.5 Å². The van der Waals surface area contributed by atoms with Crippen molar-refractivity contribution < 1.29 is 13.9 Å². The van der Waals surface area contributed by atoms with Crippen LogP contribution in [0.3, 0.4) is 0 Å². The molecule has 0 aliphatic carbocycles. The molecule has 0 saturated carbocycles. The zero-order valence-corrected chi connectivity index (χ0v) is 13.9. The molecule has 5 heteroatoms. The number of nitrogens with one attached hydrogen (secondary N) is 1. The highest BCUT2D eigenvalue weighted by Gasteiger charge is 2.10. The molecule has 0 aromatic heterocycles. The minimum absolute atomic E-state index is 0.00255. The van der Waals surface area contributed by atoms with Crippen molar-refractivity contribution in [1.29, 1.82) is 0 Å². The topological polar surface area (TPSA) is 38.3 Å². The van der Waals surface area contributed by atoms with Crippen LogP contribution in [0.1, 0.15) is 29.8 Å². The minimum atomic E-state index is -0.414. The summed E-state index contributed by atoms with van der Waals surface area (Å²) in [6.07, 6.45) is 0. The third-order valence-electron chi connectivity index (χ3n) is 3.21. The molecule has 2 rings (SSSR count). The molecule has 2 aromatic carbocycles. The molecule has 0 bridgehead atoms. The second-order valence-corrected chi connectivity index (χ2v) is 6.03. The lowest BCUT2D eigenvalue weighted by Crippen LogP contribution is -2.27. The molecular formula is C18H19ClFNO2. The molecule has 122 valence electrons. The second kappa shape index (κ2) is 7.97. The lowest BCUT2D eigenvalue weighted by molar-refractivity contribution is 0.0948. The summed E-state index contributed by atoms with van der Waals surface area (Å²) in [6.45, 7) is 4.66. The average molecular weight is 336 g/mol. The Morgan fingerprint density at radius 1 is 1.26 bits per heavy atom. The van der Waals surface area contributed by atoms with Gasteiger partial charge in [-0.15, -0.1) is 0 Å². The van der Waals surface area contributed by atoms with Gasteiger partial charge in [-0.05, 0) is 36.2 Å². The van der Waals surface area contributed by atoms with Gasteiger partial charge in [0.2, 0.25) is 0 Å². The number of hydrogen-bond donors (Lipinski definition) is 1. The molecule has 0 aliphatic rings. The van der Waals surface area contributed by atoms with E-state index in [0.29, 0.717) is 34.4 Å². The van der Waals surface area contributed by atoms with Crippen molar-refractivity contribution >= 4 is 17.5 Å². The summed E-state index contributed by atoms with van der Waals surface area (Å²) in [7, 11) is 0. The molecule has 3 nitrogen and oxygen atoms in total. The zero-order chi connectivity index (χ0) is 16.8. The number of carbonyl (C=O) groups is 1. The Balaban J connectivity index is 2.04. The van der Waals surface area contributed by atoms with E-state index in [0.717, 1.165) is 0 Å². The molecule has 0 unspecified atom stereocenters. The standard InChI is InChI=1S/C18H19ClFNO2/c1-12(2)10-21-18(22)13-5-3-6-14(9-13)23-11-15-16(19)7-4-8-17(15)20/h3-9,12H,10-11H2,1-2H3,(H,21,22). The number of rotatable bonds is 6. The summed E-state index contributed by atoms with van der Waals surface area (Å²) in [5, 5.41) is 3.16. The molecule has 0 aliphatic heterocycles. The fraction of sp³-hybridized carbons (Fsp3) is 0.278. The van der Waals surface area contributed by atoms with Crippen molar-refractivity contribution in [2.75, 3.05) is 6.54 Å². The van der Waals surface area contributed by atoms with E-state index < -0.39 is 5.82 Å². The van der Waals surface area contributed by atoms with E-state index in [9.17, 15) is 9.18 Å². The summed E-state index contributed by atoms with van der Waals surface area (Å²) in [5.41, 5.74) is 0.798. The number of ether oxygens (including phenoxy) is 1. The van der Waals surface area contributed by atoms with Gasteiger partial charge in [-0.1, -0.05) is 37.6 Å². The molecule has 0 spiro atoms. The van der Waals surface area contributed by atoms with Crippen LogP contribution in [0.5, 0.6) is 5.75 Å². The molecule has 0 heterocycles. The van der Waals surface area contributed by atoms with Gasteiger partial charge in [0.1, 0.15) is 18.2 Å². The van der Waals surface area contributed by atoms with E-state index >= 15 is 0 Å². The molecule has 1 amide bonds. The molecule has 0 atom stereocenters. The number of halogens is 2. The van der Waals surface area contributed by atoms with Gasteiger partial charge in [0, 0.05) is 17.7 Å². The lowest BCUT2D eigenvalue weighted by Gasteiger charge is -2.11. The molecule has 23 heavy (non-hydrogen) atoms. The van der Waals surface area contributed by atoms with Gasteiger partial charge in [0.15, 0.2) is 0 Å². The van der Waals surface area contributed by atoms with Gasteiger partial charge in [0.05, 0.1) is 5.02 Å². The normalized spacial score (nSPS) is 10.7. The van der Waals surface area contributed by atoms with Gasteiger partial charge < -0.3 is 10.1 Å². The number of benzene rings is 2. The Kier molecular flexibility index (Phi) is 5.99. The first-order valence-corrected chi connectivity index (χ1v) is 7.79. The highest BCUT2D eigenvalue weighted by Crippen LogP contribution is 2.22. The predicted molar refractivity (Wildman–Crippen MR) is 89.4 cm³/mol. The predicted octanol–water partition coefficient (Wildman–Crippen LogP) is 4.44. The van der Waals surface area contributed by atoms with Crippen LogP contribution in [-0.2, 0) is 6.61 Å². The Morgan fingerprint density at radius 3 is 2.70 bits per heavy atom. The molecule has 1 N–H and O–H groups in total. The maximum absolute atomic E-state index is 13.7. The van der Waals surface area contributed by atoms with Gasteiger partial charge in [-0.25, -0.2) is 4.39 Å². The first-order valence-electron chi connectivity index (χ1n) is 7.41. The quantitative estimate of drug-likeness (QED) is 0.847. The summed E-state index contributed by atoms with van der Waals surface area (Å²) in [4.78, 5) is 12.0. The van der Waals surface area contributed by atoms with E-state index in [1.807, 2.05) is 13.8 Å². The van der Waals surface area contributed by atoms with Crippen LogP contribution in [0, 0.1) is 11.7 Å². The third kappa shape index (κ3) is 4.96. The maximum Gasteiger partial charge on any atom is 0.251 e. The lowest BCUT2D eigenvalue weighted by atomic mass is 10.1.